The van der Waals surface area contributed by atoms with Gasteiger partial charge in [0.05, 0.1) is 5.54 Å². The highest BCUT2D eigenvalue weighted by atomic mass is 32.1. The summed E-state index contributed by atoms with van der Waals surface area (Å²) in [7, 11) is 3.68. The Bertz CT molecular complexity index is 385. The lowest BCUT2D eigenvalue weighted by Gasteiger charge is -2.29. The molecule has 1 N–H and O–H groups in total. The predicted molar refractivity (Wildman–Crippen MR) is 73.5 cm³/mol. The highest BCUT2D eigenvalue weighted by Crippen LogP contribution is 2.16. The third-order valence-electron chi connectivity index (χ3n) is 3.15. The SMILES string of the molecule is CNC(C)(C)C(=O)N(C)CCc1sccc1C. The molecule has 0 saturated carbocycles. The first kappa shape index (κ1) is 14.2. The van der Waals surface area contributed by atoms with Gasteiger partial charge in [-0.25, -0.2) is 0 Å². The second kappa shape index (κ2) is 5.65. The lowest BCUT2D eigenvalue weighted by atomic mass is 10.0. The molecule has 0 aliphatic rings. The van der Waals surface area contributed by atoms with E-state index in [-0.39, 0.29) is 5.91 Å². The maximum Gasteiger partial charge on any atom is 0.242 e. The summed E-state index contributed by atoms with van der Waals surface area (Å²) >= 11 is 1.76. The van der Waals surface area contributed by atoms with Gasteiger partial charge in [-0.3, -0.25) is 4.79 Å². The van der Waals surface area contributed by atoms with E-state index in [9.17, 15) is 4.79 Å². The van der Waals surface area contributed by atoms with E-state index in [0.717, 1.165) is 13.0 Å². The van der Waals surface area contributed by atoms with Crippen LogP contribution in [-0.2, 0) is 11.2 Å². The topological polar surface area (TPSA) is 32.3 Å². The van der Waals surface area contributed by atoms with Gasteiger partial charge in [0.2, 0.25) is 5.91 Å². The number of nitrogens with zero attached hydrogens (tertiary/aromatic N) is 1. The van der Waals surface area contributed by atoms with Crippen molar-refractivity contribution in [2.24, 2.45) is 0 Å². The minimum atomic E-state index is -0.487. The number of hydrogen-bond donors (Lipinski definition) is 1. The van der Waals surface area contributed by atoms with Crippen molar-refractivity contribution >= 4 is 17.2 Å². The summed E-state index contributed by atoms with van der Waals surface area (Å²) in [6.45, 7) is 6.70. The number of carbonyl (C=O) groups is 1. The quantitative estimate of drug-likeness (QED) is 0.872. The number of nitrogens with one attached hydrogen (secondary N) is 1. The molecular formula is C13H22N2OS. The van der Waals surface area contributed by atoms with Crippen LogP contribution < -0.4 is 5.32 Å². The first-order valence-corrected chi connectivity index (χ1v) is 6.74. The molecular weight excluding hydrogens is 232 g/mol. The van der Waals surface area contributed by atoms with Crippen molar-refractivity contribution in [1.29, 1.82) is 0 Å². The van der Waals surface area contributed by atoms with Crippen LogP contribution in [0.4, 0.5) is 0 Å². The number of thiophene rings is 1. The number of aryl methyl sites for hydroxylation is 1. The largest absolute Gasteiger partial charge is 0.344 e. The van der Waals surface area contributed by atoms with Gasteiger partial charge in [-0.05, 0) is 51.2 Å². The minimum absolute atomic E-state index is 0.134. The van der Waals surface area contributed by atoms with E-state index in [1.165, 1.54) is 10.4 Å². The zero-order valence-electron chi connectivity index (χ0n) is 11.3. The molecule has 0 aliphatic heterocycles. The molecule has 4 heteroatoms. The third kappa shape index (κ3) is 3.54. The third-order valence-corrected chi connectivity index (χ3v) is 4.23. The number of rotatable bonds is 5. The molecule has 0 unspecified atom stereocenters. The van der Waals surface area contributed by atoms with Crippen molar-refractivity contribution in [3.63, 3.8) is 0 Å². The summed E-state index contributed by atoms with van der Waals surface area (Å²) in [6, 6.07) is 2.12. The van der Waals surface area contributed by atoms with Crippen molar-refractivity contribution in [2.75, 3.05) is 20.6 Å². The number of hydrogen-bond acceptors (Lipinski definition) is 3. The molecule has 3 nitrogen and oxygen atoms in total. The molecule has 0 radical (unpaired) electrons. The molecule has 0 aromatic carbocycles. The molecule has 1 aromatic rings. The summed E-state index contributed by atoms with van der Waals surface area (Å²) in [5.41, 5.74) is 0.836. The second-order valence-electron chi connectivity index (χ2n) is 4.88. The molecule has 0 saturated heterocycles. The second-order valence-corrected chi connectivity index (χ2v) is 5.88. The van der Waals surface area contributed by atoms with Crippen LogP contribution in [0.5, 0.6) is 0 Å². The Hall–Kier alpha value is -0.870. The molecule has 0 fully saturated rings. The molecule has 1 heterocycles. The monoisotopic (exact) mass is 254 g/mol. The van der Waals surface area contributed by atoms with Gasteiger partial charge < -0.3 is 10.2 Å². The van der Waals surface area contributed by atoms with Crippen LogP contribution in [0, 0.1) is 6.92 Å². The molecule has 0 aliphatic carbocycles. The molecule has 0 bridgehead atoms. The van der Waals surface area contributed by atoms with Crippen molar-refractivity contribution in [3.8, 4) is 0 Å². The van der Waals surface area contributed by atoms with Gasteiger partial charge in [0.25, 0.3) is 0 Å². The van der Waals surface area contributed by atoms with E-state index in [2.05, 4.69) is 23.7 Å². The number of likely N-dealkylation sites (N-methyl/N-ethyl adjacent to an activating group) is 2. The van der Waals surface area contributed by atoms with Gasteiger partial charge in [0.1, 0.15) is 0 Å². The van der Waals surface area contributed by atoms with Crippen LogP contribution in [0.1, 0.15) is 24.3 Å². The van der Waals surface area contributed by atoms with Gasteiger partial charge >= 0.3 is 0 Å². The summed E-state index contributed by atoms with van der Waals surface area (Å²) < 4.78 is 0. The average molecular weight is 254 g/mol. The van der Waals surface area contributed by atoms with E-state index in [0.29, 0.717) is 0 Å². The first-order chi connectivity index (χ1) is 7.88. The summed E-state index contributed by atoms with van der Waals surface area (Å²) in [4.78, 5) is 15.3. The van der Waals surface area contributed by atoms with E-state index in [1.54, 1.807) is 16.2 Å². The Kier molecular flexibility index (Phi) is 4.71. The standard InChI is InChI=1S/C13H22N2OS/c1-10-7-9-17-11(10)6-8-15(5)12(16)13(2,3)14-4/h7,9,14H,6,8H2,1-5H3. The summed E-state index contributed by atoms with van der Waals surface area (Å²) in [5.74, 6) is 0.134. The predicted octanol–water partition coefficient (Wildman–Crippen LogP) is 2.06. The Morgan fingerprint density at radius 1 is 1.53 bits per heavy atom. The van der Waals surface area contributed by atoms with Crippen LogP contribution in [-0.4, -0.2) is 37.0 Å². The normalized spacial score (nSPS) is 11.6. The lowest BCUT2D eigenvalue weighted by molar-refractivity contribution is -0.135. The van der Waals surface area contributed by atoms with Crippen LogP contribution in [0.25, 0.3) is 0 Å². The van der Waals surface area contributed by atoms with E-state index in [1.807, 2.05) is 27.9 Å². The lowest BCUT2D eigenvalue weighted by Crippen LogP contribution is -2.51. The highest BCUT2D eigenvalue weighted by Gasteiger charge is 2.28. The fraction of sp³-hybridized carbons (Fsp3) is 0.615. The average Bonchev–Trinajstić information content (AvgIpc) is 2.70. The maximum absolute atomic E-state index is 12.1. The van der Waals surface area contributed by atoms with Crippen LogP contribution in [0.15, 0.2) is 11.4 Å². The van der Waals surface area contributed by atoms with Gasteiger partial charge in [-0.15, -0.1) is 11.3 Å². The molecule has 0 atom stereocenters. The number of amides is 1. The molecule has 1 amide bonds. The Balaban J connectivity index is 2.53. The highest BCUT2D eigenvalue weighted by molar-refractivity contribution is 7.10. The maximum atomic E-state index is 12.1. The Morgan fingerprint density at radius 3 is 2.65 bits per heavy atom. The van der Waals surface area contributed by atoms with Crippen molar-refractivity contribution in [2.45, 2.75) is 32.7 Å². The Labute approximate surface area is 108 Å². The van der Waals surface area contributed by atoms with E-state index < -0.39 is 5.54 Å². The van der Waals surface area contributed by atoms with Gasteiger partial charge in [-0.2, -0.15) is 0 Å². The van der Waals surface area contributed by atoms with Crippen LogP contribution in [0.3, 0.4) is 0 Å². The van der Waals surface area contributed by atoms with Gasteiger partial charge in [0.15, 0.2) is 0 Å². The van der Waals surface area contributed by atoms with Gasteiger partial charge in [0, 0.05) is 18.5 Å². The van der Waals surface area contributed by atoms with Gasteiger partial charge in [-0.1, -0.05) is 0 Å². The molecule has 96 valence electrons. The fourth-order valence-electron chi connectivity index (χ4n) is 1.62. The first-order valence-electron chi connectivity index (χ1n) is 5.86. The minimum Gasteiger partial charge on any atom is -0.344 e. The van der Waals surface area contributed by atoms with Crippen LogP contribution >= 0.6 is 11.3 Å². The van der Waals surface area contributed by atoms with Crippen molar-refractivity contribution in [1.82, 2.24) is 10.2 Å². The van der Waals surface area contributed by atoms with Crippen molar-refractivity contribution < 1.29 is 4.79 Å². The molecule has 1 rings (SSSR count). The van der Waals surface area contributed by atoms with Crippen LogP contribution in [0.2, 0.25) is 0 Å². The zero-order valence-corrected chi connectivity index (χ0v) is 12.1. The Morgan fingerprint density at radius 2 is 2.18 bits per heavy atom. The smallest absolute Gasteiger partial charge is 0.242 e. The number of carbonyl (C=O) groups excluding carboxylic acids is 1. The van der Waals surface area contributed by atoms with E-state index >= 15 is 0 Å². The fourth-order valence-corrected chi connectivity index (χ4v) is 2.51. The molecule has 1 aromatic heterocycles. The van der Waals surface area contributed by atoms with E-state index in [4.69, 9.17) is 0 Å². The summed E-state index contributed by atoms with van der Waals surface area (Å²) in [5, 5.41) is 5.14. The molecule has 17 heavy (non-hydrogen) atoms. The van der Waals surface area contributed by atoms with Crippen molar-refractivity contribution in [3.05, 3.63) is 21.9 Å². The zero-order chi connectivity index (χ0) is 13.1. The summed E-state index contributed by atoms with van der Waals surface area (Å²) in [6.07, 6.45) is 0.936. The molecule has 0 spiro atoms.